The van der Waals surface area contributed by atoms with Gasteiger partial charge in [0.05, 0.1) is 11.1 Å². The van der Waals surface area contributed by atoms with Crippen molar-refractivity contribution in [2.75, 3.05) is 33.9 Å². The SMILES string of the molecule is CCNCc1cc(Br)c(OCC(=O)N(C)C)c(OCC)c1. The normalized spacial score (nSPS) is 10.3. The number of benzene rings is 1. The van der Waals surface area contributed by atoms with Gasteiger partial charge in [-0.1, -0.05) is 6.92 Å². The van der Waals surface area contributed by atoms with E-state index in [2.05, 4.69) is 28.2 Å². The number of nitrogens with one attached hydrogen (secondary N) is 1. The van der Waals surface area contributed by atoms with Crippen molar-refractivity contribution in [2.45, 2.75) is 20.4 Å². The third-order valence-electron chi connectivity index (χ3n) is 2.79. The van der Waals surface area contributed by atoms with Gasteiger partial charge in [-0.15, -0.1) is 0 Å². The zero-order chi connectivity index (χ0) is 15.8. The maximum absolute atomic E-state index is 11.6. The Morgan fingerprint density at radius 2 is 2.00 bits per heavy atom. The first-order valence-corrected chi connectivity index (χ1v) is 7.77. The summed E-state index contributed by atoms with van der Waals surface area (Å²) in [6.07, 6.45) is 0. The van der Waals surface area contributed by atoms with Crippen LogP contribution in [-0.4, -0.2) is 44.7 Å². The molecule has 5 nitrogen and oxygen atoms in total. The number of halogens is 1. The number of rotatable bonds is 8. The molecule has 0 aliphatic heterocycles. The second-order valence-electron chi connectivity index (χ2n) is 4.70. The third kappa shape index (κ3) is 5.55. The van der Waals surface area contributed by atoms with Crippen LogP contribution in [-0.2, 0) is 11.3 Å². The van der Waals surface area contributed by atoms with Gasteiger partial charge in [-0.2, -0.15) is 0 Å². The molecule has 0 unspecified atom stereocenters. The summed E-state index contributed by atoms with van der Waals surface area (Å²) < 4.78 is 12.0. The molecule has 0 saturated heterocycles. The topological polar surface area (TPSA) is 50.8 Å². The summed E-state index contributed by atoms with van der Waals surface area (Å²) in [5.74, 6) is 1.11. The summed E-state index contributed by atoms with van der Waals surface area (Å²) in [6, 6.07) is 3.91. The molecule has 118 valence electrons. The smallest absolute Gasteiger partial charge is 0.259 e. The number of nitrogens with zero attached hydrogens (tertiary/aromatic N) is 1. The van der Waals surface area contributed by atoms with Gasteiger partial charge >= 0.3 is 0 Å². The number of carbonyl (C=O) groups is 1. The van der Waals surface area contributed by atoms with Crippen LogP contribution in [0.3, 0.4) is 0 Å². The number of ether oxygens (including phenoxy) is 2. The third-order valence-corrected chi connectivity index (χ3v) is 3.38. The second kappa shape index (κ2) is 8.89. The van der Waals surface area contributed by atoms with Gasteiger partial charge in [-0.3, -0.25) is 4.79 Å². The fourth-order valence-electron chi connectivity index (χ4n) is 1.66. The molecule has 0 spiro atoms. The van der Waals surface area contributed by atoms with Gasteiger partial charge < -0.3 is 19.7 Å². The Morgan fingerprint density at radius 1 is 1.29 bits per heavy atom. The van der Waals surface area contributed by atoms with Crippen LogP contribution in [0.5, 0.6) is 11.5 Å². The van der Waals surface area contributed by atoms with Gasteiger partial charge in [0.25, 0.3) is 5.91 Å². The molecule has 0 bridgehead atoms. The lowest BCUT2D eigenvalue weighted by Gasteiger charge is -2.17. The summed E-state index contributed by atoms with van der Waals surface area (Å²) in [5.41, 5.74) is 1.10. The first-order valence-electron chi connectivity index (χ1n) is 6.98. The summed E-state index contributed by atoms with van der Waals surface area (Å²) >= 11 is 3.49. The minimum atomic E-state index is -0.0962. The molecule has 1 aromatic rings. The quantitative estimate of drug-likeness (QED) is 0.775. The lowest BCUT2D eigenvalue weighted by molar-refractivity contribution is -0.130. The van der Waals surface area contributed by atoms with Gasteiger partial charge in [0, 0.05) is 20.6 Å². The Balaban J connectivity index is 2.92. The van der Waals surface area contributed by atoms with Crippen molar-refractivity contribution in [2.24, 2.45) is 0 Å². The molecular weight excluding hydrogens is 336 g/mol. The van der Waals surface area contributed by atoms with Gasteiger partial charge in [-0.25, -0.2) is 0 Å². The van der Waals surface area contributed by atoms with Gasteiger partial charge in [0.15, 0.2) is 18.1 Å². The van der Waals surface area contributed by atoms with Crippen molar-refractivity contribution in [3.05, 3.63) is 22.2 Å². The van der Waals surface area contributed by atoms with E-state index in [1.54, 1.807) is 14.1 Å². The van der Waals surface area contributed by atoms with Crippen LogP contribution in [0.2, 0.25) is 0 Å². The molecule has 1 amide bonds. The van der Waals surface area contributed by atoms with E-state index >= 15 is 0 Å². The first kappa shape index (κ1) is 17.8. The van der Waals surface area contributed by atoms with Crippen molar-refractivity contribution in [3.63, 3.8) is 0 Å². The molecule has 1 rings (SSSR count). The fourth-order valence-corrected chi connectivity index (χ4v) is 2.26. The highest BCUT2D eigenvalue weighted by Gasteiger charge is 2.14. The van der Waals surface area contributed by atoms with E-state index in [4.69, 9.17) is 9.47 Å². The number of hydrogen-bond donors (Lipinski definition) is 1. The van der Waals surface area contributed by atoms with Gasteiger partial charge in [0.1, 0.15) is 0 Å². The van der Waals surface area contributed by atoms with E-state index in [0.717, 1.165) is 23.1 Å². The molecule has 1 aromatic carbocycles. The molecule has 0 aromatic heterocycles. The average Bonchev–Trinajstić information content (AvgIpc) is 2.44. The molecular formula is C15H23BrN2O3. The predicted octanol–water partition coefficient (Wildman–Crippen LogP) is 2.42. The summed E-state index contributed by atoms with van der Waals surface area (Å²) in [4.78, 5) is 13.1. The first-order chi connectivity index (χ1) is 9.99. The van der Waals surface area contributed by atoms with Crippen LogP contribution in [0.15, 0.2) is 16.6 Å². The molecule has 0 aliphatic carbocycles. The lowest BCUT2D eigenvalue weighted by atomic mass is 10.2. The zero-order valence-electron chi connectivity index (χ0n) is 13.0. The van der Waals surface area contributed by atoms with E-state index in [0.29, 0.717) is 18.1 Å². The molecule has 0 fully saturated rings. The summed E-state index contributed by atoms with van der Waals surface area (Å²) in [5, 5.41) is 3.27. The van der Waals surface area contributed by atoms with Gasteiger partial charge in [0.2, 0.25) is 0 Å². The lowest BCUT2D eigenvalue weighted by Crippen LogP contribution is -2.27. The maximum Gasteiger partial charge on any atom is 0.259 e. The number of likely N-dealkylation sites (N-methyl/N-ethyl adjacent to an activating group) is 1. The largest absolute Gasteiger partial charge is 0.490 e. The molecule has 21 heavy (non-hydrogen) atoms. The second-order valence-corrected chi connectivity index (χ2v) is 5.55. The average molecular weight is 359 g/mol. The standard InChI is InChI=1S/C15H23BrN2O3/c1-5-17-9-11-7-12(16)15(13(8-11)20-6-2)21-10-14(19)18(3)4/h7-8,17H,5-6,9-10H2,1-4H3. The van der Waals surface area contributed by atoms with Crippen molar-refractivity contribution < 1.29 is 14.3 Å². The van der Waals surface area contributed by atoms with E-state index in [1.807, 2.05) is 19.1 Å². The van der Waals surface area contributed by atoms with E-state index in [-0.39, 0.29) is 12.5 Å². The van der Waals surface area contributed by atoms with Crippen molar-refractivity contribution in [1.82, 2.24) is 10.2 Å². The Bertz CT molecular complexity index is 478. The van der Waals surface area contributed by atoms with E-state index < -0.39 is 0 Å². The van der Waals surface area contributed by atoms with Crippen LogP contribution in [0, 0.1) is 0 Å². The van der Waals surface area contributed by atoms with Crippen molar-refractivity contribution in [3.8, 4) is 11.5 Å². The Morgan fingerprint density at radius 3 is 2.57 bits per heavy atom. The van der Waals surface area contributed by atoms with Crippen molar-refractivity contribution in [1.29, 1.82) is 0 Å². The molecule has 0 radical (unpaired) electrons. The highest BCUT2D eigenvalue weighted by Crippen LogP contribution is 2.37. The van der Waals surface area contributed by atoms with E-state index in [1.165, 1.54) is 4.90 Å². The van der Waals surface area contributed by atoms with Gasteiger partial charge in [-0.05, 0) is 47.1 Å². The molecule has 1 N–H and O–H groups in total. The molecule has 0 atom stereocenters. The van der Waals surface area contributed by atoms with Crippen LogP contribution in [0.25, 0.3) is 0 Å². The number of hydrogen-bond acceptors (Lipinski definition) is 4. The van der Waals surface area contributed by atoms with Crippen LogP contribution in [0.1, 0.15) is 19.4 Å². The number of carbonyl (C=O) groups excluding carboxylic acids is 1. The summed E-state index contributed by atoms with van der Waals surface area (Å²) in [7, 11) is 3.40. The van der Waals surface area contributed by atoms with Crippen LogP contribution >= 0.6 is 15.9 Å². The highest BCUT2D eigenvalue weighted by molar-refractivity contribution is 9.10. The molecule has 0 saturated carbocycles. The summed E-state index contributed by atoms with van der Waals surface area (Å²) in [6.45, 7) is 6.15. The monoisotopic (exact) mass is 358 g/mol. The predicted molar refractivity (Wildman–Crippen MR) is 86.9 cm³/mol. The number of amides is 1. The molecule has 6 heteroatoms. The Kier molecular flexibility index (Phi) is 7.53. The Hall–Kier alpha value is -1.27. The minimum Gasteiger partial charge on any atom is -0.490 e. The zero-order valence-corrected chi connectivity index (χ0v) is 14.6. The Labute approximate surface area is 134 Å². The minimum absolute atomic E-state index is 0.0156. The highest BCUT2D eigenvalue weighted by atomic mass is 79.9. The fraction of sp³-hybridized carbons (Fsp3) is 0.533. The van der Waals surface area contributed by atoms with E-state index in [9.17, 15) is 4.79 Å². The van der Waals surface area contributed by atoms with Crippen molar-refractivity contribution >= 4 is 21.8 Å². The molecule has 0 heterocycles. The van der Waals surface area contributed by atoms with Crippen LogP contribution < -0.4 is 14.8 Å². The van der Waals surface area contributed by atoms with Crippen LogP contribution in [0.4, 0.5) is 0 Å². The molecule has 0 aliphatic rings. The maximum atomic E-state index is 11.6.